The Labute approximate surface area is 113 Å². The molecule has 0 radical (unpaired) electrons. The number of non-ortho nitro benzene ring substituents is 1. The summed E-state index contributed by atoms with van der Waals surface area (Å²) in [7, 11) is 0. The van der Waals surface area contributed by atoms with Gasteiger partial charge in [0.2, 0.25) is 0 Å². The maximum Gasteiger partial charge on any atom is 0.270 e. The molecule has 1 aromatic carbocycles. The largest absolute Gasteiger partial charge is 0.270 e. The summed E-state index contributed by atoms with van der Waals surface area (Å²) in [6.07, 6.45) is 5.24. The molecule has 0 bridgehead atoms. The van der Waals surface area contributed by atoms with E-state index >= 15 is 0 Å². The predicted molar refractivity (Wildman–Crippen MR) is 76.1 cm³/mol. The Morgan fingerprint density at radius 2 is 2.00 bits per heavy atom. The summed E-state index contributed by atoms with van der Waals surface area (Å²) in [4.78, 5) is 10.5. The summed E-state index contributed by atoms with van der Waals surface area (Å²) in [5.41, 5.74) is 2.55. The quantitative estimate of drug-likeness (QED) is 0.475. The van der Waals surface area contributed by atoms with Crippen LogP contribution in [0, 0.1) is 10.1 Å². The lowest BCUT2D eigenvalue weighted by Crippen LogP contribution is -2.46. The highest BCUT2D eigenvalue weighted by Gasteiger charge is 2.40. The van der Waals surface area contributed by atoms with Crippen molar-refractivity contribution in [2.24, 2.45) is 0 Å². The van der Waals surface area contributed by atoms with Gasteiger partial charge in [0.05, 0.1) is 4.92 Å². The number of nitrogens with zero attached hydrogens (tertiary/aromatic N) is 2. The van der Waals surface area contributed by atoms with Crippen LogP contribution in [0.5, 0.6) is 0 Å². The zero-order chi connectivity index (χ0) is 14.0. The number of benzene rings is 1. The van der Waals surface area contributed by atoms with Crippen molar-refractivity contribution in [2.75, 3.05) is 6.54 Å². The number of fused-ring (bicyclic) bond motifs is 1. The Morgan fingerprint density at radius 1 is 1.32 bits per heavy atom. The van der Waals surface area contributed by atoms with Gasteiger partial charge < -0.3 is 0 Å². The van der Waals surface area contributed by atoms with Gasteiger partial charge in [-0.05, 0) is 12.5 Å². The molecule has 1 aliphatic heterocycles. The molecule has 1 heterocycles. The van der Waals surface area contributed by atoms with Crippen LogP contribution in [0.25, 0.3) is 0 Å². The molecular formula is C15H21N2O2+. The Kier molecular flexibility index (Phi) is 3.69. The van der Waals surface area contributed by atoms with E-state index in [0.717, 1.165) is 31.4 Å². The van der Waals surface area contributed by atoms with Gasteiger partial charge in [0.15, 0.2) is 11.8 Å². The summed E-state index contributed by atoms with van der Waals surface area (Å²) < 4.78 is 2.35. The minimum atomic E-state index is -0.327. The fourth-order valence-corrected chi connectivity index (χ4v) is 3.07. The molecule has 0 N–H and O–H groups in total. The first-order valence-electron chi connectivity index (χ1n) is 6.95. The molecule has 102 valence electrons. The highest BCUT2D eigenvalue weighted by atomic mass is 16.6. The Hall–Kier alpha value is -1.71. The smallest absolute Gasteiger partial charge is 0.258 e. The third-order valence-corrected chi connectivity index (χ3v) is 4.42. The molecule has 0 aromatic heterocycles. The van der Waals surface area contributed by atoms with E-state index in [0.29, 0.717) is 0 Å². The molecule has 0 saturated carbocycles. The number of hydrogen-bond donors (Lipinski definition) is 0. The Bertz CT molecular complexity index is 531. The standard InChI is InChI=1S/C15H21N2O2/c1-4-15(5-2)10-12-7-8-14(17(18)19)9-13(12)11-16(15)6-3/h7-9,11H,4-6,10H2,1-3H3/q+1. The minimum absolute atomic E-state index is 0.165. The van der Waals surface area contributed by atoms with Crippen molar-refractivity contribution >= 4 is 11.9 Å². The predicted octanol–water partition coefficient (Wildman–Crippen LogP) is 3.16. The molecule has 4 nitrogen and oxygen atoms in total. The second-order valence-electron chi connectivity index (χ2n) is 5.16. The SMILES string of the molecule is CC[N+]1=Cc2cc([N+](=O)[O-])ccc2CC1(CC)CC. The van der Waals surface area contributed by atoms with Crippen LogP contribution in [0.2, 0.25) is 0 Å². The van der Waals surface area contributed by atoms with E-state index < -0.39 is 0 Å². The van der Waals surface area contributed by atoms with Crippen LogP contribution in [-0.2, 0) is 6.42 Å². The Balaban J connectivity index is 2.52. The molecule has 1 aliphatic rings. The Morgan fingerprint density at radius 3 is 2.53 bits per heavy atom. The zero-order valence-corrected chi connectivity index (χ0v) is 11.8. The lowest BCUT2D eigenvalue weighted by molar-refractivity contribution is -0.605. The topological polar surface area (TPSA) is 46.1 Å². The number of nitro benzene ring substituents is 1. The van der Waals surface area contributed by atoms with Gasteiger partial charge >= 0.3 is 0 Å². The molecule has 0 aliphatic carbocycles. The van der Waals surface area contributed by atoms with Crippen molar-refractivity contribution in [3.8, 4) is 0 Å². The summed E-state index contributed by atoms with van der Waals surface area (Å²) in [5, 5.41) is 10.9. The van der Waals surface area contributed by atoms with Gasteiger partial charge in [-0.1, -0.05) is 19.9 Å². The maximum atomic E-state index is 10.9. The molecule has 19 heavy (non-hydrogen) atoms. The van der Waals surface area contributed by atoms with Crippen LogP contribution in [0.1, 0.15) is 44.7 Å². The minimum Gasteiger partial charge on any atom is -0.258 e. The molecule has 0 unspecified atom stereocenters. The fraction of sp³-hybridized carbons (Fsp3) is 0.533. The summed E-state index contributed by atoms with van der Waals surface area (Å²) in [6.45, 7) is 7.51. The summed E-state index contributed by atoms with van der Waals surface area (Å²) >= 11 is 0. The highest BCUT2D eigenvalue weighted by molar-refractivity contribution is 5.80. The fourth-order valence-electron chi connectivity index (χ4n) is 3.07. The van der Waals surface area contributed by atoms with Crippen LogP contribution in [0.15, 0.2) is 18.2 Å². The van der Waals surface area contributed by atoms with E-state index in [1.165, 1.54) is 5.56 Å². The second kappa shape index (κ2) is 5.11. The highest BCUT2D eigenvalue weighted by Crippen LogP contribution is 2.31. The van der Waals surface area contributed by atoms with E-state index in [9.17, 15) is 10.1 Å². The van der Waals surface area contributed by atoms with Gasteiger partial charge in [-0.25, -0.2) is 4.58 Å². The summed E-state index contributed by atoms with van der Waals surface area (Å²) in [6, 6.07) is 5.22. The molecule has 0 spiro atoms. The van der Waals surface area contributed by atoms with E-state index in [1.54, 1.807) is 12.1 Å². The third kappa shape index (κ3) is 2.27. The molecule has 0 fully saturated rings. The monoisotopic (exact) mass is 261 g/mol. The van der Waals surface area contributed by atoms with Crippen molar-refractivity contribution < 1.29 is 9.50 Å². The van der Waals surface area contributed by atoms with Gasteiger partial charge in [0.25, 0.3) is 5.69 Å². The number of rotatable bonds is 4. The second-order valence-corrected chi connectivity index (χ2v) is 5.16. The van der Waals surface area contributed by atoms with Crippen LogP contribution in [0.4, 0.5) is 5.69 Å². The van der Waals surface area contributed by atoms with Crippen molar-refractivity contribution in [1.82, 2.24) is 0 Å². The van der Waals surface area contributed by atoms with Gasteiger partial charge in [0.1, 0.15) is 6.54 Å². The molecule has 0 saturated heterocycles. The first-order chi connectivity index (χ1) is 9.06. The summed E-state index contributed by atoms with van der Waals surface area (Å²) in [5.74, 6) is 0. The molecule has 2 rings (SSSR count). The van der Waals surface area contributed by atoms with Crippen LogP contribution >= 0.6 is 0 Å². The van der Waals surface area contributed by atoms with Crippen LogP contribution in [0.3, 0.4) is 0 Å². The lowest BCUT2D eigenvalue weighted by atomic mass is 9.81. The number of hydrogen-bond acceptors (Lipinski definition) is 2. The van der Waals surface area contributed by atoms with Gasteiger partial charge in [-0.2, -0.15) is 0 Å². The molecule has 0 amide bonds. The van der Waals surface area contributed by atoms with Crippen molar-refractivity contribution in [3.63, 3.8) is 0 Å². The number of likely N-dealkylation sites (N-methyl/N-ethyl adjacent to an activating group) is 1. The van der Waals surface area contributed by atoms with Crippen molar-refractivity contribution in [1.29, 1.82) is 0 Å². The lowest BCUT2D eigenvalue weighted by Gasteiger charge is -2.32. The van der Waals surface area contributed by atoms with Crippen LogP contribution < -0.4 is 0 Å². The third-order valence-electron chi connectivity index (χ3n) is 4.42. The van der Waals surface area contributed by atoms with Crippen molar-refractivity contribution in [2.45, 2.75) is 45.6 Å². The molecular weight excluding hydrogens is 240 g/mol. The maximum absolute atomic E-state index is 10.9. The molecule has 4 heteroatoms. The van der Waals surface area contributed by atoms with Gasteiger partial charge in [-0.15, -0.1) is 0 Å². The van der Waals surface area contributed by atoms with Crippen molar-refractivity contribution in [3.05, 3.63) is 39.4 Å². The first kappa shape index (κ1) is 13.7. The molecule has 1 aromatic rings. The number of nitro groups is 1. The van der Waals surface area contributed by atoms with E-state index in [-0.39, 0.29) is 16.1 Å². The van der Waals surface area contributed by atoms with E-state index in [2.05, 4.69) is 31.6 Å². The zero-order valence-electron chi connectivity index (χ0n) is 11.8. The van der Waals surface area contributed by atoms with Crippen LogP contribution in [-0.4, -0.2) is 27.8 Å². The first-order valence-corrected chi connectivity index (χ1v) is 6.95. The van der Waals surface area contributed by atoms with E-state index in [4.69, 9.17) is 0 Å². The normalized spacial score (nSPS) is 16.7. The molecule has 0 atom stereocenters. The average Bonchev–Trinajstić information content (AvgIpc) is 2.44. The van der Waals surface area contributed by atoms with Gasteiger partial charge in [0, 0.05) is 37.0 Å². The average molecular weight is 261 g/mol. The van der Waals surface area contributed by atoms with E-state index in [1.807, 2.05) is 6.07 Å². The van der Waals surface area contributed by atoms with Gasteiger partial charge in [-0.3, -0.25) is 10.1 Å².